The second kappa shape index (κ2) is 9.11. The molecule has 1 spiro atoms. The quantitative estimate of drug-likeness (QED) is 0.315. The number of amides is 2. The molecule has 3 aliphatic carbocycles. The Morgan fingerprint density at radius 2 is 2.00 bits per heavy atom. The summed E-state index contributed by atoms with van der Waals surface area (Å²) in [6, 6.07) is 8.79. The minimum atomic E-state index is -0.995. The van der Waals surface area contributed by atoms with Gasteiger partial charge in [0, 0.05) is 36.7 Å². The molecular weight excluding hydrogens is 544 g/mol. The highest BCUT2D eigenvalue weighted by molar-refractivity contribution is 6.10. The van der Waals surface area contributed by atoms with Crippen LogP contribution in [0.25, 0.3) is 10.9 Å². The number of aliphatic hydroxyl groups is 1. The summed E-state index contributed by atoms with van der Waals surface area (Å²) in [6.45, 7) is 3.34. The van der Waals surface area contributed by atoms with Gasteiger partial charge >= 0.3 is 0 Å². The van der Waals surface area contributed by atoms with Crippen molar-refractivity contribution in [2.24, 2.45) is 5.92 Å². The number of hydrogen-bond donors (Lipinski definition) is 5. The first-order valence-electron chi connectivity index (χ1n) is 14.5. The van der Waals surface area contributed by atoms with Gasteiger partial charge in [0.25, 0.3) is 5.91 Å². The zero-order valence-electron chi connectivity index (χ0n) is 22.9. The van der Waals surface area contributed by atoms with Crippen LogP contribution in [0.3, 0.4) is 0 Å². The van der Waals surface area contributed by atoms with Crippen molar-refractivity contribution in [1.29, 1.82) is 0 Å². The van der Waals surface area contributed by atoms with E-state index in [1.807, 2.05) is 18.2 Å². The fourth-order valence-electron chi connectivity index (χ4n) is 8.51. The zero-order valence-corrected chi connectivity index (χ0v) is 23.7. The molecule has 5 aliphatic rings. The van der Waals surface area contributed by atoms with E-state index >= 15 is 0 Å². The third kappa shape index (κ3) is 3.61. The van der Waals surface area contributed by atoms with E-state index in [1.54, 1.807) is 18.3 Å². The maximum absolute atomic E-state index is 13.8. The highest BCUT2D eigenvalue weighted by Gasteiger charge is 2.73. The van der Waals surface area contributed by atoms with Gasteiger partial charge in [0.1, 0.15) is 6.10 Å². The van der Waals surface area contributed by atoms with Gasteiger partial charge in [-0.3, -0.25) is 14.5 Å². The number of piperidine rings is 1. The summed E-state index contributed by atoms with van der Waals surface area (Å²) in [6.07, 6.45) is 6.33. The van der Waals surface area contributed by atoms with E-state index in [0.717, 1.165) is 48.4 Å². The first-order valence-corrected chi connectivity index (χ1v) is 14.5. The van der Waals surface area contributed by atoms with Crippen molar-refractivity contribution in [3.63, 3.8) is 0 Å². The summed E-state index contributed by atoms with van der Waals surface area (Å²) >= 11 is 0. The lowest BCUT2D eigenvalue weighted by Gasteiger charge is -2.64. The van der Waals surface area contributed by atoms with Gasteiger partial charge in [0.05, 0.1) is 33.8 Å². The first kappa shape index (κ1) is 26.6. The summed E-state index contributed by atoms with van der Waals surface area (Å²) in [5.74, 6) is 0.871. The zero-order chi connectivity index (χ0) is 27.4. The SMILES string of the molecule is CC(=O)Nc1c[nH]c2c(C(=O)N[C@H]3CC[C@@]4(O)[C@H]5Cc6ccc(O)c7c6[C@@]4(CCN5CC4CC4)[C@H]3O7)cccc12.Cl. The van der Waals surface area contributed by atoms with E-state index in [2.05, 4.69) is 20.5 Å². The van der Waals surface area contributed by atoms with Gasteiger partial charge in [-0.05, 0) is 68.7 Å². The van der Waals surface area contributed by atoms with Gasteiger partial charge in [-0.25, -0.2) is 0 Å². The van der Waals surface area contributed by atoms with Crippen LogP contribution in [0.2, 0.25) is 0 Å². The second-order valence-electron chi connectivity index (χ2n) is 12.5. The number of carbonyl (C=O) groups is 2. The van der Waals surface area contributed by atoms with E-state index in [-0.39, 0.29) is 42.1 Å². The van der Waals surface area contributed by atoms with Gasteiger partial charge < -0.3 is 30.6 Å². The molecule has 8 rings (SSSR count). The molecule has 3 aromatic rings. The molecule has 9 nitrogen and oxygen atoms in total. The van der Waals surface area contributed by atoms with Crippen molar-refractivity contribution in [3.8, 4) is 11.5 Å². The summed E-state index contributed by atoms with van der Waals surface area (Å²) in [4.78, 5) is 31.1. The molecule has 1 aromatic heterocycles. The van der Waals surface area contributed by atoms with E-state index in [4.69, 9.17) is 4.74 Å². The fourth-order valence-corrected chi connectivity index (χ4v) is 8.51. The second-order valence-corrected chi connectivity index (χ2v) is 12.5. The molecule has 216 valence electrons. The maximum Gasteiger partial charge on any atom is 0.253 e. The predicted molar refractivity (Wildman–Crippen MR) is 156 cm³/mol. The summed E-state index contributed by atoms with van der Waals surface area (Å²) in [7, 11) is 0. The van der Waals surface area contributed by atoms with E-state index < -0.39 is 17.1 Å². The average Bonchev–Trinajstić information content (AvgIpc) is 3.54. The fraction of sp³-hybridized carbons (Fsp3) is 0.484. The number of anilines is 1. The Morgan fingerprint density at radius 1 is 1.17 bits per heavy atom. The van der Waals surface area contributed by atoms with Crippen LogP contribution in [-0.2, 0) is 16.6 Å². The van der Waals surface area contributed by atoms with E-state index in [9.17, 15) is 19.8 Å². The number of aromatic nitrogens is 1. The van der Waals surface area contributed by atoms with Crippen molar-refractivity contribution in [2.75, 3.05) is 18.4 Å². The van der Waals surface area contributed by atoms with Crippen LogP contribution in [0.15, 0.2) is 36.5 Å². The molecule has 1 saturated heterocycles. The summed E-state index contributed by atoms with van der Waals surface area (Å²) < 4.78 is 6.59. The number of likely N-dealkylation sites (tertiary alicyclic amines) is 1. The van der Waals surface area contributed by atoms with Gasteiger partial charge in [-0.1, -0.05) is 18.2 Å². The van der Waals surface area contributed by atoms with Gasteiger partial charge in [-0.15, -0.1) is 12.4 Å². The van der Waals surface area contributed by atoms with Gasteiger partial charge in [-0.2, -0.15) is 0 Å². The number of aromatic amines is 1. The molecule has 0 unspecified atom stereocenters. The Kier molecular flexibility index (Phi) is 5.92. The lowest BCUT2D eigenvalue weighted by atomic mass is 9.48. The van der Waals surface area contributed by atoms with Crippen LogP contribution in [0.1, 0.15) is 60.5 Å². The van der Waals surface area contributed by atoms with Crippen molar-refractivity contribution in [2.45, 2.75) is 74.7 Å². The molecule has 2 aromatic carbocycles. The molecule has 41 heavy (non-hydrogen) atoms. The van der Waals surface area contributed by atoms with Gasteiger partial charge in [0.15, 0.2) is 11.5 Å². The third-order valence-corrected chi connectivity index (χ3v) is 10.3. The summed E-state index contributed by atoms with van der Waals surface area (Å²) in [5, 5.41) is 30.3. The normalized spacial score (nSPS) is 31.1. The Labute approximate surface area is 244 Å². The number of nitrogens with one attached hydrogen (secondary N) is 3. The minimum Gasteiger partial charge on any atom is -0.504 e. The molecule has 2 aliphatic heterocycles. The number of ether oxygens (including phenoxy) is 1. The highest BCUT2D eigenvalue weighted by Crippen LogP contribution is 2.65. The molecule has 2 amide bonds. The van der Waals surface area contributed by atoms with Crippen LogP contribution in [-0.4, -0.2) is 68.8 Å². The smallest absolute Gasteiger partial charge is 0.253 e. The third-order valence-electron chi connectivity index (χ3n) is 10.3. The number of rotatable bonds is 5. The van der Waals surface area contributed by atoms with Crippen molar-refractivity contribution in [1.82, 2.24) is 15.2 Å². The van der Waals surface area contributed by atoms with Gasteiger partial charge in [0.2, 0.25) is 5.91 Å². The van der Waals surface area contributed by atoms with Crippen LogP contribution in [0.4, 0.5) is 5.69 Å². The van der Waals surface area contributed by atoms with Crippen LogP contribution < -0.4 is 15.4 Å². The topological polar surface area (TPSA) is 127 Å². The van der Waals surface area contributed by atoms with Crippen LogP contribution in [0, 0.1) is 5.92 Å². The minimum absolute atomic E-state index is 0. The number of para-hydroxylation sites is 1. The molecular formula is C31H35ClN4O5. The number of halogens is 1. The Hall–Kier alpha value is -3.27. The molecule has 3 heterocycles. The highest BCUT2D eigenvalue weighted by atomic mass is 35.5. The van der Waals surface area contributed by atoms with E-state index in [1.165, 1.54) is 19.8 Å². The van der Waals surface area contributed by atoms with Crippen LogP contribution >= 0.6 is 12.4 Å². The first-order chi connectivity index (χ1) is 19.3. The number of benzene rings is 2. The molecule has 2 saturated carbocycles. The molecule has 5 atom stereocenters. The molecule has 3 fully saturated rings. The number of phenolic OH excluding ortho intramolecular Hbond substituents is 1. The number of fused-ring (bicyclic) bond motifs is 1. The van der Waals surface area contributed by atoms with Crippen molar-refractivity contribution >= 4 is 40.8 Å². The lowest BCUT2D eigenvalue weighted by Crippen LogP contribution is -2.78. The predicted octanol–water partition coefficient (Wildman–Crippen LogP) is 3.62. The number of nitrogens with zero attached hydrogens (tertiary/aromatic N) is 1. The molecule has 2 bridgehead atoms. The molecule has 5 N–H and O–H groups in total. The Morgan fingerprint density at radius 3 is 2.78 bits per heavy atom. The lowest BCUT2D eigenvalue weighted by molar-refractivity contribution is -0.191. The number of H-pyrrole nitrogens is 1. The van der Waals surface area contributed by atoms with Crippen molar-refractivity contribution < 1.29 is 24.5 Å². The van der Waals surface area contributed by atoms with Crippen LogP contribution in [0.5, 0.6) is 11.5 Å². The Balaban J connectivity index is 0.00000276. The molecule has 10 heteroatoms. The maximum atomic E-state index is 13.8. The Bertz CT molecular complexity index is 1590. The number of hydrogen-bond acceptors (Lipinski definition) is 6. The average molecular weight is 579 g/mol. The number of aromatic hydroxyl groups is 1. The monoisotopic (exact) mass is 578 g/mol. The summed E-state index contributed by atoms with van der Waals surface area (Å²) in [5.41, 5.74) is 2.16. The number of phenols is 1. The molecule has 0 radical (unpaired) electrons. The number of carbonyl (C=O) groups excluding carboxylic acids is 2. The van der Waals surface area contributed by atoms with E-state index in [0.29, 0.717) is 35.4 Å². The largest absolute Gasteiger partial charge is 0.504 e. The van der Waals surface area contributed by atoms with Crippen molar-refractivity contribution in [3.05, 3.63) is 53.2 Å². The standard InChI is InChI=1S/C31H34N4O5.ClH/c1-16(36)33-22-14-32-26-19(22)3-2-4-20(26)29(38)34-21-9-10-31(39)24-13-18-7-8-23(37)27-25(18)30(31,28(21)40-27)11-12-35(24)15-17-5-6-17;/h2-4,7-8,14,17,21,24,28,32,37,39H,5-6,9-13,15H2,1H3,(H,33,36)(H,34,38);1H/t21-,24+,28-,30-,31+;/m0./s1.